The summed E-state index contributed by atoms with van der Waals surface area (Å²) in [6, 6.07) is 15.8. The zero-order valence-electron chi connectivity index (χ0n) is 19.6. The molecule has 0 aliphatic heterocycles. The van der Waals surface area contributed by atoms with Gasteiger partial charge in [-0.2, -0.15) is 0 Å². The number of benzene rings is 6. The third-order valence-corrected chi connectivity index (χ3v) is 6.70. The van der Waals surface area contributed by atoms with Crippen LogP contribution in [0.4, 0.5) is 0 Å². The Labute approximate surface area is 203 Å². The summed E-state index contributed by atoms with van der Waals surface area (Å²) >= 11 is 0. The molecule has 0 amide bonds. The van der Waals surface area contributed by atoms with Crippen molar-refractivity contribution in [1.29, 1.82) is 0 Å². The minimum atomic E-state index is -0.306. The topological polar surface area (TPSA) is 86.7 Å². The Hall–Kier alpha value is -4.58. The lowest BCUT2D eigenvalue weighted by Crippen LogP contribution is -2.11. The van der Waals surface area contributed by atoms with Gasteiger partial charge in [-0.3, -0.25) is 19.2 Å². The van der Waals surface area contributed by atoms with E-state index in [0.717, 1.165) is 5.39 Å². The van der Waals surface area contributed by atoms with Crippen LogP contribution in [0.15, 0.2) is 79.8 Å². The fourth-order valence-corrected chi connectivity index (χ4v) is 5.28. The molecule has 36 heavy (non-hydrogen) atoms. The second-order valence-corrected chi connectivity index (χ2v) is 8.66. The third-order valence-electron chi connectivity index (χ3n) is 6.70. The smallest absolute Gasteiger partial charge is 0.187 e. The number of hydrogen-bond donors (Lipinski definition) is 0. The van der Waals surface area contributed by atoms with E-state index in [1.807, 2.05) is 38.1 Å². The predicted molar refractivity (Wildman–Crippen MR) is 144 cm³/mol. The summed E-state index contributed by atoms with van der Waals surface area (Å²) in [7, 11) is 0. The van der Waals surface area contributed by atoms with Gasteiger partial charge in [0.05, 0.1) is 13.2 Å². The molecule has 6 aromatic rings. The first-order valence-corrected chi connectivity index (χ1v) is 11.8. The molecular formula is C30H20O6. The normalized spacial score (nSPS) is 11.7. The molecule has 0 bridgehead atoms. The van der Waals surface area contributed by atoms with Gasteiger partial charge in [0.15, 0.2) is 21.7 Å². The molecule has 0 spiro atoms. The fourth-order valence-electron chi connectivity index (χ4n) is 5.28. The first-order chi connectivity index (χ1) is 17.4. The fraction of sp³-hybridized carbons (Fsp3) is 0.133. The molecule has 0 heterocycles. The van der Waals surface area contributed by atoms with Crippen molar-refractivity contribution in [2.75, 3.05) is 13.2 Å². The van der Waals surface area contributed by atoms with E-state index in [4.69, 9.17) is 9.47 Å². The largest absolute Gasteiger partial charge is 0.493 e. The van der Waals surface area contributed by atoms with E-state index in [-0.39, 0.29) is 43.3 Å². The van der Waals surface area contributed by atoms with Crippen LogP contribution in [0.2, 0.25) is 0 Å². The molecule has 0 unspecified atom stereocenters. The highest BCUT2D eigenvalue weighted by atomic mass is 16.5. The van der Waals surface area contributed by atoms with Crippen molar-refractivity contribution in [3.63, 3.8) is 0 Å². The van der Waals surface area contributed by atoms with Crippen molar-refractivity contribution in [3.05, 3.63) is 102 Å². The number of rotatable bonds is 4. The average Bonchev–Trinajstić information content (AvgIpc) is 2.88. The minimum absolute atomic E-state index is 0.250. The molecule has 0 aromatic heterocycles. The standard InChI is InChI=1S/C30H20O6/c1-3-35-24-13-18-20(31)9-11-22(33)27(18)29-16(24)7-5-15-6-8-17-25(36-4-2)14-19-21(32)10-12-23(34)28(19)30(17)26(15)29/h5-14H,3-4H2,1-2H3. The molecular weight excluding hydrogens is 456 g/mol. The van der Waals surface area contributed by atoms with Crippen molar-refractivity contribution < 1.29 is 9.47 Å². The summed E-state index contributed by atoms with van der Waals surface area (Å²) in [4.78, 5) is 52.2. The summed E-state index contributed by atoms with van der Waals surface area (Å²) in [5.74, 6) is 0.942. The Morgan fingerprint density at radius 2 is 0.889 bits per heavy atom. The SMILES string of the molecule is CCOc1cc2c(=O)ccc(=O)c2c2c1ccc1ccc3c(OCC)cc4c(=O)ccc(=O)c4c3c12. The van der Waals surface area contributed by atoms with Crippen molar-refractivity contribution in [2.45, 2.75) is 13.8 Å². The van der Waals surface area contributed by atoms with E-state index < -0.39 is 0 Å². The van der Waals surface area contributed by atoms with Gasteiger partial charge in [-0.1, -0.05) is 12.1 Å². The summed E-state index contributed by atoms with van der Waals surface area (Å²) in [5.41, 5.74) is -1.20. The van der Waals surface area contributed by atoms with E-state index in [2.05, 4.69) is 0 Å². The molecule has 0 N–H and O–H groups in total. The van der Waals surface area contributed by atoms with Crippen LogP contribution in [0.1, 0.15) is 13.8 Å². The molecule has 6 nitrogen and oxygen atoms in total. The van der Waals surface area contributed by atoms with Gasteiger partial charge in [0.25, 0.3) is 0 Å². The van der Waals surface area contributed by atoms with Gasteiger partial charge in [-0.05, 0) is 73.2 Å². The maximum atomic E-state index is 13.2. The molecule has 0 aliphatic rings. The van der Waals surface area contributed by atoms with Gasteiger partial charge in [-0.25, -0.2) is 0 Å². The summed E-state index contributed by atoms with van der Waals surface area (Å²) < 4.78 is 11.8. The van der Waals surface area contributed by atoms with Crippen LogP contribution in [0.5, 0.6) is 11.5 Å². The third kappa shape index (κ3) is 2.97. The van der Waals surface area contributed by atoms with Gasteiger partial charge < -0.3 is 9.47 Å². The first kappa shape index (κ1) is 21.9. The Morgan fingerprint density at radius 1 is 0.472 bits per heavy atom. The Kier molecular flexibility index (Phi) is 4.86. The van der Waals surface area contributed by atoms with E-state index in [1.165, 1.54) is 24.3 Å². The molecule has 0 aliphatic carbocycles. The van der Waals surface area contributed by atoms with Gasteiger partial charge in [0, 0.05) is 43.1 Å². The summed E-state index contributed by atoms with van der Waals surface area (Å²) in [6.45, 7) is 4.41. The molecule has 0 atom stereocenters. The lowest BCUT2D eigenvalue weighted by molar-refractivity contribution is 0.344. The van der Waals surface area contributed by atoms with Crippen molar-refractivity contribution in [1.82, 2.24) is 0 Å². The Morgan fingerprint density at radius 3 is 1.31 bits per heavy atom. The van der Waals surface area contributed by atoms with Crippen LogP contribution in [0.3, 0.4) is 0 Å². The van der Waals surface area contributed by atoms with Crippen LogP contribution in [0, 0.1) is 0 Å². The van der Waals surface area contributed by atoms with Crippen LogP contribution in [-0.4, -0.2) is 13.2 Å². The van der Waals surface area contributed by atoms with Gasteiger partial charge in [-0.15, -0.1) is 0 Å². The minimum Gasteiger partial charge on any atom is -0.493 e. The molecule has 0 saturated carbocycles. The second-order valence-electron chi connectivity index (χ2n) is 8.66. The maximum Gasteiger partial charge on any atom is 0.187 e. The summed E-state index contributed by atoms with van der Waals surface area (Å²) in [6.07, 6.45) is 0. The highest BCUT2D eigenvalue weighted by Crippen LogP contribution is 2.42. The van der Waals surface area contributed by atoms with E-state index in [9.17, 15) is 19.2 Å². The average molecular weight is 476 g/mol. The molecule has 176 valence electrons. The number of ether oxygens (including phenoxy) is 2. The molecule has 0 radical (unpaired) electrons. The van der Waals surface area contributed by atoms with Gasteiger partial charge >= 0.3 is 0 Å². The molecule has 0 fully saturated rings. The summed E-state index contributed by atoms with van der Waals surface area (Å²) in [5, 5.41) is 4.72. The molecule has 6 rings (SSSR count). The van der Waals surface area contributed by atoms with Gasteiger partial charge in [0.1, 0.15) is 11.5 Å². The quantitative estimate of drug-likeness (QED) is 0.347. The monoisotopic (exact) mass is 476 g/mol. The zero-order valence-corrected chi connectivity index (χ0v) is 19.6. The van der Waals surface area contributed by atoms with E-state index in [0.29, 0.717) is 51.6 Å². The van der Waals surface area contributed by atoms with E-state index in [1.54, 1.807) is 12.1 Å². The zero-order chi connectivity index (χ0) is 25.1. The van der Waals surface area contributed by atoms with Crippen LogP contribution in [0.25, 0.3) is 53.9 Å². The molecule has 6 aromatic carbocycles. The molecule has 0 saturated heterocycles. The lowest BCUT2D eigenvalue weighted by Gasteiger charge is -2.16. The van der Waals surface area contributed by atoms with Crippen molar-refractivity contribution in [3.8, 4) is 11.5 Å². The first-order valence-electron chi connectivity index (χ1n) is 11.8. The van der Waals surface area contributed by atoms with Crippen LogP contribution in [-0.2, 0) is 0 Å². The number of fused-ring (bicyclic) bond motifs is 9. The lowest BCUT2D eigenvalue weighted by atomic mass is 9.89. The number of hydrogen-bond acceptors (Lipinski definition) is 6. The molecule has 6 heteroatoms. The highest BCUT2D eigenvalue weighted by molar-refractivity contribution is 6.33. The van der Waals surface area contributed by atoms with Crippen molar-refractivity contribution >= 4 is 53.9 Å². The predicted octanol–water partition coefficient (Wildman–Crippen LogP) is 4.57. The Balaban J connectivity index is 2.07. The van der Waals surface area contributed by atoms with Crippen LogP contribution >= 0.6 is 0 Å². The Bertz CT molecular complexity index is 1950. The highest BCUT2D eigenvalue weighted by Gasteiger charge is 2.20. The van der Waals surface area contributed by atoms with Crippen LogP contribution < -0.4 is 31.2 Å². The maximum absolute atomic E-state index is 13.2. The van der Waals surface area contributed by atoms with Crippen molar-refractivity contribution in [2.24, 2.45) is 0 Å². The second kappa shape index (κ2) is 7.99. The van der Waals surface area contributed by atoms with Gasteiger partial charge in [0.2, 0.25) is 0 Å². The van der Waals surface area contributed by atoms with E-state index >= 15 is 0 Å².